The second-order valence-corrected chi connectivity index (χ2v) is 8.39. The van der Waals surface area contributed by atoms with E-state index in [4.69, 9.17) is 40.2 Å². The summed E-state index contributed by atoms with van der Waals surface area (Å²) in [5.41, 5.74) is 1.42. The molecule has 0 bridgehead atoms. The van der Waals surface area contributed by atoms with Crippen molar-refractivity contribution in [3.8, 4) is 5.75 Å². The van der Waals surface area contributed by atoms with Crippen molar-refractivity contribution in [1.29, 1.82) is 0 Å². The molecular weight excluding hydrogens is 499 g/mol. The van der Waals surface area contributed by atoms with Crippen LogP contribution in [-0.4, -0.2) is 40.8 Å². The van der Waals surface area contributed by atoms with Crippen LogP contribution >= 0.6 is 51.3 Å². The molecule has 29 heavy (non-hydrogen) atoms. The number of hydrogen-bond donors (Lipinski definition) is 0. The average molecular weight is 514 g/mol. The van der Waals surface area contributed by atoms with Crippen LogP contribution in [0, 0.1) is 0 Å². The van der Waals surface area contributed by atoms with E-state index in [-0.39, 0.29) is 27.3 Å². The zero-order valence-electron chi connectivity index (χ0n) is 15.4. The SMILES string of the molecule is CN1C(=O)C(=Cc2cc(Cl)c(OCc3ccc(Br)cc3)c(Cl)c2)C(=O)N(C)C1=S. The summed E-state index contributed by atoms with van der Waals surface area (Å²) in [4.78, 5) is 27.4. The second-order valence-electron chi connectivity index (χ2n) is 6.30. The van der Waals surface area contributed by atoms with E-state index < -0.39 is 11.8 Å². The van der Waals surface area contributed by atoms with Crippen molar-refractivity contribution in [3.05, 3.63) is 67.6 Å². The van der Waals surface area contributed by atoms with Crippen molar-refractivity contribution in [3.63, 3.8) is 0 Å². The van der Waals surface area contributed by atoms with Gasteiger partial charge in [0.15, 0.2) is 10.9 Å². The molecule has 2 aromatic rings. The molecule has 1 aliphatic heterocycles. The minimum atomic E-state index is -0.485. The molecule has 1 fully saturated rings. The summed E-state index contributed by atoms with van der Waals surface area (Å²) in [7, 11) is 3.03. The molecule has 0 unspecified atom stereocenters. The predicted molar refractivity (Wildman–Crippen MR) is 121 cm³/mol. The van der Waals surface area contributed by atoms with Gasteiger partial charge >= 0.3 is 0 Å². The Morgan fingerprint density at radius 3 is 2.07 bits per heavy atom. The largest absolute Gasteiger partial charge is 0.486 e. The van der Waals surface area contributed by atoms with Gasteiger partial charge in [0.2, 0.25) is 0 Å². The van der Waals surface area contributed by atoms with Gasteiger partial charge in [-0.3, -0.25) is 19.4 Å². The maximum Gasteiger partial charge on any atom is 0.265 e. The highest BCUT2D eigenvalue weighted by atomic mass is 79.9. The first-order valence-electron chi connectivity index (χ1n) is 8.37. The lowest BCUT2D eigenvalue weighted by molar-refractivity contribution is -0.132. The number of carbonyl (C=O) groups excluding carboxylic acids is 2. The van der Waals surface area contributed by atoms with Crippen LogP contribution in [0.25, 0.3) is 6.08 Å². The minimum Gasteiger partial charge on any atom is -0.486 e. The molecule has 0 aliphatic carbocycles. The average Bonchev–Trinajstić information content (AvgIpc) is 2.69. The lowest BCUT2D eigenvalue weighted by atomic mass is 10.1. The minimum absolute atomic E-state index is 0.0285. The molecule has 0 radical (unpaired) electrons. The number of benzene rings is 2. The normalized spacial score (nSPS) is 14.5. The zero-order valence-corrected chi connectivity index (χ0v) is 19.3. The predicted octanol–water partition coefficient (Wildman–Crippen LogP) is 4.93. The van der Waals surface area contributed by atoms with E-state index in [9.17, 15) is 9.59 Å². The Bertz CT molecular complexity index is 992. The fraction of sp³-hybridized carbons (Fsp3) is 0.150. The van der Waals surface area contributed by atoms with E-state index in [2.05, 4.69) is 15.9 Å². The standard InChI is InChI=1S/C20H15BrCl2N2O3S/c1-24-18(26)14(19(27)25(2)20(24)29)7-12-8-15(22)17(16(23)9-12)28-10-11-3-5-13(21)6-4-11/h3-9H,10H2,1-2H3. The second kappa shape index (κ2) is 8.83. The van der Waals surface area contributed by atoms with Crippen LogP contribution in [0.4, 0.5) is 0 Å². The van der Waals surface area contributed by atoms with Gasteiger partial charge in [-0.1, -0.05) is 51.3 Å². The van der Waals surface area contributed by atoms with Crippen LogP contribution in [0.1, 0.15) is 11.1 Å². The van der Waals surface area contributed by atoms with Crippen LogP contribution in [-0.2, 0) is 16.2 Å². The number of ether oxygens (including phenoxy) is 1. The van der Waals surface area contributed by atoms with E-state index in [0.29, 0.717) is 11.3 Å². The number of rotatable bonds is 4. The highest BCUT2D eigenvalue weighted by Crippen LogP contribution is 2.36. The Morgan fingerprint density at radius 1 is 1.03 bits per heavy atom. The van der Waals surface area contributed by atoms with Crippen LogP contribution in [0.5, 0.6) is 5.75 Å². The number of likely N-dealkylation sites (N-methyl/N-ethyl adjacent to an activating group) is 2. The quantitative estimate of drug-likeness (QED) is 0.330. The summed E-state index contributed by atoms with van der Waals surface area (Å²) >= 11 is 21.1. The number of halogens is 3. The molecule has 1 heterocycles. The Labute approximate surface area is 192 Å². The molecule has 0 atom stereocenters. The van der Waals surface area contributed by atoms with Crippen molar-refractivity contribution >= 4 is 74.4 Å². The molecule has 2 amide bonds. The monoisotopic (exact) mass is 512 g/mol. The van der Waals surface area contributed by atoms with Gasteiger partial charge in [0, 0.05) is 18.6 Å². The summed E-state index contributed by atoms with van der Waals surface area (Å²) in [5, 5.41) is 0.689. The van der Waals surface area contributed by atoms with Gasteiger partial charge in [-0.2, -0.15) is 0 Å². The van der Waals surface area contributed by atoms with Gasteiger partial charge in [0.05, 0.1) is 10.0 Å². The van der Waals surface area contributed by atoms with Gasteiger partial charge in [-0.05, 0) is 53.7 Å². The zero-order chi connectivity index (χ0) is 21.3. The van der Waals surface area contributed by atoms with Gasteiger partial charge in [-0.25, -0.2) is 0 Å². The molecule has 1 saturated heterocycles. The Balaban J connectivity index is 1.86. The van der Waals surface area contributed by atoms with E-state index in [0.717, 1.165) is 10.0 Å². The van der Waals surface area contributed by atoms with Gasteiger partial charge in [0.25, 0.3) is 11.8 Å². The van der Waals surface area contributed by atoms with Crippen LogP contribution in [0.3, 0.4) is 0 Å². The highest BCUT2D eigenvalue weighted by Gasteiger charge is 2.35. The number of thiocarbonyl (C=S) groups is 1. The first kappa shape index (κ1) is 21.8. The fourth-order valence-electron chi connectivity index (χ4n) is 2.68. The topological polar surface area (TPSA) is 49.9 Å². The lowest BCUT2D eigenvalue weighted by Gasteiger charge is -2.31. The van der Waals surface area contributed by atoms with E-state index in [1.165, 1.54) is 30.0 Å². The molecule has 150 valence electrons. The van der Waals surface area contributed by atoms with E-state index in [1.54, 1.807) is 12.1 Å². The summed E-state index contributed by atoms with van der Waals surface area (Å²) in [6.07, 6.45) is 1.44. The maximum atomic E-state index is 12.4. The molecule has 3 rings (SSSR count). The smallest absolute Gasteiger partial charge is 0.265 e. The molecule has 0 spiro atoms. The van der Waals surface area contributed by atoms with Crippen molar-refractivity contribution < 1.29 is 14.3 Å². The molecule has 1 aliphatic rings. The van der Waals surface area contributed by atoms with Gasteiger partial charge < -0.3 is 4.74 Å². The highest BCUT2D eigenvalue weighted by molar-refractivity contribution is 9.10. The van der Waals surface area contributed by atoms with E-state index in [1.807, 2.05) is 24.3 Å². The van der Waals surface area contributed by atoms with Crippen molar-refractivity contribution in [2.24, 2.45) is 0 Å². The number of amides is 2. The van der Waals surface area contributed by atoms with Crippen molar-refractivity contribution in [1.82, 2.24) is 9.80 Å². The summed E-state index contributed by atoms with van der Waals surface area (Å²) in [6, 6.07) is 10.8. The molecule has 9 heteroatoms. The van der Waals surface area contributed by atoms with Gasteiger partial charge in [0.1, 0.15) is 12.2 Å². The molecule has 0 N–H and O–H groups in total. The summed E-state index contributed by atoms with van der Waals surface area (Å²) in [5.74, 6) is -0.642. The molecule has 2 aromatic carbocycles. The maximum absolute atomic E-state index is 12.4. The van der Waals surface area contributed by atoms with Gasteiger partial charge in [-0.15, -0.1) is 0 Å². The van der Waals surface area contributed by atoms with Crippen LogP contribution in [0.15, 0.2) is 46.4 Å². The molecular formula is C20H15BrCl2N2O3S. The number of nitrogens with zero attached hydrogens (tertiary/aromatic N) is 2. The molecule has 0 aromatic heterocycles. The third-order valence-corrected chi connectivity index (χ3v) is 5.91. The first-order chi connectivity index (χ1) is 13.7. The third kappa shape index (κ3) is 4.64. The Hall–Kier alpha value is -1.93. The van der Waals surface area contributed by atoms with E-state index >= 15 is 0 Å². The first-order valence-corrected chi connectivity index (χ1v) is 10.3. The number of hydrogen-bond acceptors (Lipinski definition) is 4. The summed E-state index contributed by atoms with van der Waals surface area (Å²) in [6.45, 7) is 0.289. The third-order valence-electron chi connectivity index (χ3n) is 4.27. The summed E-state index contributed by atoms with van der Waals surface area (Å²) < 4.78 is 6.73. The van der Waals surface area contributed by atoms with Crippen LogP contribution in [0.2, 0.25) is 10.0 Å². The van der Waals surface area contributed by atoms with Crippen molar-refractivity contribution in [2.45, 2.75) is 6.61 Å². The molecule has 0 saturated carbocycles. The van der Waals surface area contributed by atoms with Crippen molar-refractivity contribution in [2.75, 3.05) is 14.1 Å². The lowest BCUT2D eigenvalue weighted by Crippen LogP contribution is -2.52. The van der Waals surface area contributed by atoms with Crippen LogP contribution < -0.4 is 4.74 Å². The Kier molecular flexibility index (Phi) is 6.63. The fourth-order valence-corrected chi connectivity index (χ4v) is 3.72. The molecule has 5 nitrogen and oxygen atoms in total. The number of carbonyl (C=O) groups is 2. The Morgan fingerprint density at radius 2 is 1.55 bits per heavy atom.